The molecule has 4 N–H and O–H groups in total. The number of methoxy groups -OCH3 is 2. The highest BCUT2D eigenvalue weighted by Gasteiger charge is 2.43. The predicted molar refractivity (Wildman–Crippen MR) is 226 cm³/mol. The lowest BCUT2D eigenvalue weighted by Crippen LogP contribution is -2.53. The van der Waals surface area contributed by atoms with Gasteiger partial charge in [-0.05, 0) is 97.7 Å². The maximum Gasteiger partial charge on any atom is 0.407 e. The molecule has 2 fully saturated rings. The molecule has 0 bridgehead atoms. The van der Waals surface area contributed by atoms with Crippen molar-refractivity contribution in [2.24, 2.45) is 5.92 Å². The molecule has 3 aliphatic heterocycles. The van der Waals surface area contributed by atoms with E-state index in [1.54, 1.807) is 0 Å². The number of carbonyl (C=O) groups excluding carboxylic acids is 4. The van der Waals surface area contributed by atoms with E-state index in [1.807, 2.05) is 49.8 Å². The number of hydrogen-bond donors (Lipinski definition) is 4. The molecule has 0 unspecified atom stereocenters. The van der Waals surface area contributed by atoms with Crippen LogP contribution in [0, 0.1) is 5.92 Å². The van der Waals surface area contributed by atoms with Crippen LogP contribution in [0.25, 0.3) is 44.2 Å². The number of benzene rings is 3. The van der Waals surface area contributed by atoms with E-state index in [9.17, 15) is 19.2 Å². The monoisotopic (exact) mass is 818 g/mol. The summed E-state index contributed by atoms with van der Waals surface area (Å²) < 4.78 is 16.0. The average molecular weight is 819 g/mol. The molecule has 6 atom stereocenters. The van der Waals surface area contributed by atoms with E-state index in [1.165, 1.54) is 14.2 Å². The summed E-state index contributed by atoms with van der Waals surface area (Å²) in [6.07, 6.45) is 4.99. The maximum absolute atomic E-state index is 14.0. The molecule has 2 saturated heterocycles. The molecular weight excluding hydrogens is 765 g/mol. The highest BCUT2D eigenvalue weighted by molar-refractivity contribution is 6.07. The number of nitrogens with zero attached hydrogens (tertiary/aromatic N) is 4. The normalized spacial score (nSPS) is 20.7. The Morgan fingerprint density at radius 3 is 2.35 bits per heavy atom. The largest absolute Gasteiger partial charge is 0.488 e. The Hall–Kier alpha value is -6.12. The van der Waals surface area contributed by atoms with Crippen LogP contribution >= 0.6 is 0 Å². The lowest BCUT2D eigenvalue weighted by Gasteiger charge is -2.34. The van der Waals surface area contributed by atoms with Gasteiger partial charge < -0.3 is 44.6 Å². The van der Waals surface area contributed by atoms with E-state index in [2.05, 4.69) is 63.9 Å². The van der Waals surface area contributed by atoms with Gasteiger partial charge >= 0.3 is 12.2 Å². The van der Waals surface area contributed by atoms with Crippen LogP contribution in [0.1, 0.15) is 102 Å². The van der Waals surface area contributed by atoms with E-state index in [0.29, 0.717) is 18.9 Å². The number of rotatable bonds is 10. The zero-order valence-electron chi connectivity index (χ0n) is 35.3. The third-order valence-electron chi connectivity index (χ3n) is 12.6. The third kappa shape index (κ3) is 7.27. The first-order valence-corrected chi connectivity index (χ1v) is 21.0. The van der Waals surface area contributed by atoms with Crippen LogP contribution in [-0.4, -0.2) is 92.1 Å². The van der Waals surface area contributed by atoms with E-state index in [-0.39, 0.29) is 41.9 Å². The second-order valence-electron chi connectivity index (χ2n) is 16.5. The van der Waals surface area contributed by atoms with Gasteiger partial charge in [-0.15, -0.1) is 0 Å². The molecule has 3 aliphatic rings. The Morgan fingerprint density at radius 2 is 1.62 bits per heavy atom. The van der Waals surface area contributed by atoms with Crippen molar-refractivity contribution in [3.8, 4) is 28.1 Å². The Balaban J connectivity index is 1.05. The second kappa shape index (κ2) is 16.5. The molecule has 8 rings (SSSR count). The number of amides is 4. The topological polar surface area (TPSA) is 184 Å². The summed E-state index contributed by atoms with van der Waals surface area (Å²) in [5, 5.41) is 7.40. The van der Waals surface area contributed by atoms with E-state index >= 15 is 0 Å². The minimum atomic E-state index is -0.716. The Kier molecular flexibility index (Phi) is 11.2. The molecule has 0 spiro atoms. The van der Waals surface area contributed by atoms with Crippen molar-refractivity contribution in [3.05, 3.63) is 65.9 Å². The molecule has 5 heterocycles. The van der Waals surface area contributed by atoms with Gasteiger partial charge in [0.1, 0.15) is 36.1 Å². The first kappa shape index (κ1) is 40.7. The van der Waals surface area contributed by atoms with Crippen LogP contribution in [0.3, 0.4) is 0 Å². The molecule has 0 saturated carbocycles. The molecule has 2 aromatic heterocycles. The van der Waals surface area contributed by atoms with Crippen LogP contribution in [0.4, 0.5) is 9.59 Å². The zero-order chi connectivity index (χ0) is 42.4. The third-order valence-corrected chi connectivity index (χ3v) is 12.6. The molecule has 60 heavy (non-hydrogen) atoms. The SMILES string of the molecule is CC[C@H]1CC[C@@H](c2ncc(-c3ccc4c(c3)COc3cc5c(ccc6[nH]c([C@@H]7CC[C@H](C)N7C(=O)[C@H](CC)NC(=O)OC)nc65)cc3-4)[nH]2)N1C(=O)[C@@H](NC(=O)OC)C(C)C. The fraction of sp³-hybridized carbons (Fsp3) is 0.467. The smallest absolute Gasteiger partial charge is 0.407 e. The van der Waals surface area contributed by atoms with Gasteiger partial charge in [-0.2, -0.15) is 0 Å². The van der Waals surface area contributed by atoms with Crippen molar-refractivity contribution < 1.29 is 33.4 Å². The van der Waals surface area contributed by atoms with Crippen molar-refractivity contribution in [3.63, 3.8) is 0 Å². The number of nitrogens with one attached hydrogen (secondary N) is 4. The van der Waals surface area contributed by atoms with Crippen molar-refractivity contribution in [1.82, 2.24) is 40.4 Å². The molecule has 0 aliphatic carbocycles. The van der Waals surface area contributed by atoms with Gasteiger partial charge in [0.15, 0.2) is 0 Å². The highest BCUT2D eigenvalue weighted by Crippen LogP contribution is 2.44. The summed E-state index contributed by atoms with van der Waals surface area (Å²) in [6, 6.07) is 12.8. The van der Waals surface area contributed by atoms with Crippen molar-refractivity contribution in [2.75, 3.05) is 14.2 Å². The summed E-state index contributed by atoms with van der Waals surface area (Å²) in [5.74, 6) is 1.80. The summed E-state index contributed by atoms with van der Waals surface area (Å²) in [6.45, 7) is 10.2. The second-order valence-corrected chi connectivity index (χ2v) is 16.5. The van der Waals surface area contributed by atoms with Crippen LogP contribution < -0.4 is 15.4 Å². The van der Waals surface area contributed by atoms with Crippen LogP contribution in [0.5, 0.6) is 5.75 Å². The number of hydrogen-bond acceptors (Lipinski definition) is 9. The number of likely N-dealkylation sites (tertiary alicyclic amines) is 2. The molecular formula is C45H54N8O7. The molecule has 5 aromatic rings. The molecule has 316 valence electrons. The Labute approximate surface area is 348 Å². The van der Waals surface area contributed by atoms with Gasteiger partial charge in [-0.1, -0.05) is 45.9 Å². The molecule has 15 heteroatoms. The fourth-order valence-corrected chi connectivity index (χ4v) is 9.37. The first-order chi connectivity index (χ1) is 28.9. The predicted octanol–water partition coefficient (Wildman–Crippen LogP) is 7.67. The summed E-state index contributed by atoms with van der Waals surface area (Å²) in [4.78, 5) is 72.6. The van der Waals surface area contributed by atoms with Crippen molar-refractivity contribution in [1.29, 1.82) is 0 Å². The first-order valence-electron chi connectivity index (χ1n) is 21.0. The van der Waals surface area contributed by atoms with Crippen LogP contribution in [0.15, 0.2) is 48.7 Å². The number of aromatic nitrogens is 4. The Morgan fingerprint density at radius 1 is 0.867 bits per heavy atom. The highest BCUT2D eigenvalue weighted by atomic mass is 16.5. The molecule has 4 amide bonds. The number of carbonyl (C=O) groups is 4. The number of alkyl carbamates (subject to hydrolysis) is 2. The van der Waals surface area contributed by atoms with Gasteiger partial charge in [-0.25, -0.2) is 19.6 Å². The molecule has 0 radical (unpaired) electrons. The molecule has 15 nitrogen and oxygen atoms in total. The van der Waals surface area contributed by atoms with Gasteiger partial charge in [0.25, 0.3) is 0 Å². The maximum atomic E-state index is 14.0. The number of fused-ring (bicyclic) bond motifs is 6. The van der Waals surface area contributed by atoms with Gasteiger partial charge in [-0.3, -0.25) is 9.59 Å². The number of aromatic amines is 2. The van der Waals surface area contributed by atoms with Crippen LogP contribution in [0.2, 0.25) is 0 Å². The van der Waals surface area contributed by atoms with Crippen molar-refractivity contribution in [2.45, 2.75) is 116 Å². The number of imidazole rings is 2. The zero-order valence-corrected chi connectivity index (χ0v) is 35.3. The number of H-pyrrole nitrogens is 2. The van der Waals surface area contributed by atoms with Gasteiger partial charge in [0.05, 0.1) is 49.2 Å². The van der Waals surface area contributed by atoms with E-state index in [4.69, 9.17) is 24.2 Å². The lowest BCUT2D eigenvalue weighted by atomic mass is 9.92. The molecule has 3 aromatic carbocycles. The Bertz CT molecular complexity index is 2460. The average Bonchev–Trinajstić information content (AvgIpc) is 4.08. The quantitative estimate of drug-likeness (QED) is 0.110. The van der Waals surface area contributed by atoms with Crippen molar-refractivity contribution >= 4 is 45.8 Å². The summed E-state index contributed by atoms with van der Waals surface area (Å²) in [5.41, 5.74) is 6.61. The summed E-state index contributed by atoms with van der Waals surface area (Å²) >= 11 is 0. The standard InChI is InChI=1S/C45H54N8O7/c1-8-28-13-17-35(53(28)43(55)38(23(3)4)51-45(57)59-7)40-46-21-34(48-40)26-11-14-29-27(18-26)22-60-37-20-30-25(19-31(29)37)12-15-33-39(30)50-41(47-33)36-16-10-24(5)52(36)42(54)32(9-2)49-44(56)58-6/h11-12,14-15,18-21,23-24,28,32,35-36,38H,8-10,13,16-17,22H2,1-7H3,(H,46,48)(H,47,50)(H,49,56)(H,51,57)/t24-,28-,32-,35-,36-,38-/m0/s1. The minimum absolute atomic E-state index is 0.0139. The van der Waals surface area contributed by atoms with Crippen LogP contribution in [-0.2, 0) is 25.7 Å². The van der Waals surface area contributed by atoms with Gasteiger partial charge in [0.2, 0.25) is 11.8 Å². The fourth-order valence-electron chi connectivity index (χ4n) is 9.37. The summed E-state index contributed by atoms with van der Waals surface area (Å²) in [7, 11) is 2.59. The van der Waals surface area contributed by atoms with E-state index in [0.717, 1.165) is 93.4 Å². The van der Waals surface area contributed by atoms with Gasteiger partial charge in [0, 0.05) is 23.0 Å². The lowest BCUT2D eigenvalue weighted by molar-refractivity contribution is -0.138. The van der Waals surface area contributed by atoms with E-state index < -0.39 is 24.3 Å². The number of ether oxygens (including phenoxy) is 3. The minimum Gasteiger partial charge on any atom is -0.488 e.